The maximum Gasteiger partial charge on any atom is 0.309 e. The number of rotatable bonds is 6. The topological polar surface area (TPSA) is 96.9 Å². The monoisotopic (exact) mass is 388 g/mol. The average Bonchev–Trinajstić information content (AvgIpc) is 3.20. The zero-order chi connectivity index (χ0) is 18.9. The van der Waals surface area contributed by atoms with E-state index in [-0.39, 0.29) is 25.8 Å². The number of nitrogens with one attached hydrogen (secondary N) is 2. The molecule has 2 aromatic rings. The van der Waals surface area contributed by atoms with Crippen molar-refractivity contribution in [1.82, 2.24) is 10.6 Å². The molecule has 1 aromatic heterocycles. The largest absolute Gasteiger partial charge is 0.454 e. The van der Waals surface area contributed by atoms with Crippen LogP contribution in [0.2, 0.25) is 0 Å². The fraction of sp³-hybridized carbons (Fsp3) is 0.368. The smallest absolute Gasteiger partial charge is 0.309 e. The Labute approximate surface area is 160 Å². The summed E-state index contributed by atoms with van der Waals surface area (Å²) >= 11 is 1.45. The molecule has 1 atom stereocenters. The number of ether oxygens (including phenoxy) is 2. The van der Waals surface area contributed by atoms with Gasteiger partial charge in [-0.15, -0.1) is 11.3 Å². The summed E-state index contributed by atoms with van der Waals surface area (Å²) in [5.74, 6) is -0.0936. The highest BCUT2D eigenvalue weighted by Crippen LogP contribution is 2.46. The van der Waals surface area contributed by atoms with E-state index < -0.39 is 17.4 Å². The van der Waals surface area contributed by atoms with Gasteiger partial charge in [-0.25, -0.2) is 0 Å². The number of fused-ring (bicyclic) bond motifs is 1. The molecule has 27 heavy (non-hydrogen) atoms. The number of benzene rings is 1. The van der Waals surface area contributed by atoms with Crippen LogP contribution in [0, 0.1) is 5.92 Å². The minimum atomic E-state index is -1.11. The van der Waals surface area contributed by atoms with Gasteiger partial charge in [0, 0.05) is 11.4 Å². The van der Waals surface area contributed by atoms with Gasteiger partial charge >= 0.3 is 11.8 Å². The number of aliphatic hydroxyl groups is 1. The number of carbonyl (C=O) groups is 2. The molecule has 8 heteroatoms. The summed E-state index contributed by atoms with van der Waals surface area (Å²) in [6.07, 6.45) is 1.83. The van der Waals surface area contributed by atoms with E-state index in [0.29, 0.717) is 11.5 Å². The summed E-state index contributed by atoms with van der Waals surface area (Å²) in [6, 6.07) is 9.06. The average molecular weight is 388 g/mol. The lowest BCUT2D eigenvalue weighted by atomic mass is 9.95. The van der Waals surface area contributed by atoms with Crippen molar-refractivity contribution < 1.29 is 24.2 Å². The van der Waals surface area contributed by atoms with Gasteiger partial charge in [0.15, 0.2) is 11.5 Å². The first-order valence-electron chi connectivity index (χ1n) is 8.77. The molecule has 1 aliphatic carbocycles. The normalized spacial score (nSPS) is 17.2. The van der Waals surface area contributed by atoms with Gasteiger partial charge in [-0.2, -0.15) is 0 Å². The molecule has 142 valence electrons. The molecule has 0 unspecified atom stereocenters. The number of hydrogen-bond donors (Lipinski definition) is 3. The maximum atomic E-state index is 12.1. The predicted molar refractivity (Wildman–Crippen MR) is 98.4 cm³/mol. The third-order valence-electron chi connectivity index (χ3n) is 4.82. The molecule has 1 fully saturated rings. The summed E-state index contributed by atoms with van der Waals surface area (Å²) < 4.78 is 10.5. The van der Waals surface area contributed by atoms with Crippen LogP contribution in [0.25, 0.3) is 0 Å². The highest BCUT2D eigenvalue weighted by molar-refractivity contribution is 7.10. The standard InChI is InChI=1S/C19H20N2O5S/c22-17(20-9-12-3-6-14-15(8-12)26-11-25-14)18(23)21-10-19(24,13-4-5-13)16-2-1-7-27-16/h1-3,6-8,13,24H,4-5,9-11H2,(H,20,22)(H,21,23)/t19-/m1/s1. The highest BCUT2D eigenvalue weighted by Gasteiger charge is 2.46. The Kier molecular flexibility index (Phi) is 4.75. The lowest BCUT2D eigenvalue weighted by Gasteiger charge is -2.27. The molecule has 0 spiro atoms. The van der Waals surface area contributed by atoms with Crippen molar-refractivity contribution in [3.63, 3.8) is 0 Å². The van der Waals surface area contributed by atoms with Crippen molar-refractivity contribution in [2.45, 2.75) is 25.0 Å². The Morgan fingerprint density at radius 1 is 1.15 bits per heavy atom. The molecule has 0 saturated heterocycles. The molecule has 1 saturated carbocycles. The first kappa shape index (κ1) is 17.8. The Balaban J connectivity index is 1.31. The lowest BCUT2D eigenvalue weighted by Crippen LogP contribution is -2.47. The fourth-order valence-corrected chi connectivity index (χ4v) is 4.03. The molecule has 2 aliphatic rings. The van der Waals surface area contributed by atoms with Gasteiger partial charge in [-0.3, -0.25) is 9.59 Å². The minimum Gasteiger partial charge on any atom is -0.454 e. The van der Waals surface area contributed by atoms with E-state index in [1.807, 2.05) is 17.5 Å². The van der Waals surface area contributed by atoms with Crippen LogP contribution >= 0.6 is 11.3 Å². The molecule has 2 amide bonds. The number of thiophene rings is 1. The van der Waals surface area contributed by atoms with Crippen LogP contribution in [-0.2, 0) is 21.7 Å². The first-order chi connectivity index (χ1) is 13.1. The highest BCUT2D eigenvalue weighted by atomic mass is 32.1. The molecule has 0 radical (unpaired) electrons. The van der Waals surface area contributed by atoms with Crippen molar-refractivity contribution in [1.29, 1.82) is 0 Å². The van der Waals surface area contributed by atoms with Crippen LogP contribution < -0.4 is 20.1 Å². The number of amides is 2. The van der Waals surface area contributed by atoms with E-state index >= 15 is 0 Å². The third kappa shape index (κ3) is 3.77. The molecular weight excluding hydrogens is 368 g/mol. The zero-order valence-electron chi connectivity index (χ0n) is 14.6. The van der Waals surface area contributed by atoms with Gasteiger partial charge in [0.2, 0.25) is 6.79 Å². The SMILES string of the molecule is O=C(NCc1ccc2c(c1)OCO2)C(=O)NC[C@](O)(c1cccs1)C1CC1. The summed E-state index contributed by atoms with van der Waals surface area (Å²) in [6.45, 7) is 0.400. The van der Waals surface area contributed by atoms with Gasteiger partial charge in [-0.05, 0) is 47.9 Å². The van der Waals surface area contributed by atoms with E-state index in [9.17, 15) is 14.7 Å². The van der Waals surface area contributed by atoms with E-state index in [2.05, 4.69) is 10.6 Å². The molecule has 7 nitrogen and oxygen atoms in total. The van der Waals surface area contributed by atoms with Crippen molar-refractivity contribution in [3.8, 4) is 11.5 Å². The van der Waals surface area contributed by atoms with Gasteiger partial charge in [0.25, 0.3) is 0 Å². The molecule has 0 bridgehead atoms. The fourth-order valence-electron chi connectivity index (χ4n) is 3.13. The van der Waals surface area contributed by atoms with Gasteiger partial charge in [0.1, 0.15) is 5.60 Å². The van der Waals surface area contributed by atoms with Gasteiger partial charge in [0.05, 0.1) is 6.54 Å². The van der Waals surface area contributed by atoms with E-state index in [0.717, 1.165) is 23.3 Å². The number of carbonyl (C=O) groups excluding carboxylic acids is 2. The summed E-state index contributed by atoms with van der Waals surface area (Å²) in [7, 11) is 0. The summed E-state index contributed by atoms with van der Waals surface area (Å²) in [4.78, 5) is 25.0. The number of hydrogen-bond acceptors (Lipinski definition) is 6. The third-order valence-corrected chi connectivity index (χ3v) is 5.85. The lowest BCUT2D eigenvalue weighted by molar-refractivity contribution is -0.140. The van der Waals surface area contributed by atoms with Gasteiger partial charge in [-0.1, -0.05) is 12.1 Å². The Morgan fingerprint density at radius 3 is 2.67 bits per heavy atom. The maximum absolute atomic E-state index is 12.1. The van der Waals surface area contributed by atoms with Gasteiger partial charge < -0.3 is 25.2 Å². The van der Waals surface area contributed by atoms with Crippen molar-refractivity contribution in [2.24, 2.45) is 5.92 Å². The second-order valence-electron chi connectivity index (χ2n) is 6.73. The van der Waals surface area contributed by atoms with Crippen LogP contribution in [0.3, 0.4) is 0 Å². The molecule has 4 rings (SSSR count). The molecule has 1 aromatic carbocycles. The second kappa shape index (κ2) is 7.21. The van der Waals surface area contributed by atoms with Crippen LogP contribution in [-0.4, -0.2) is 30.3 Å². The van der Waals surface area contributed by atoms with E-state index in [1.165, 1.54) is 11.3 Å². The quantitative estimate of drug-likeness (QED) is 0.652. The van der Waals surface area contributed by atoms with Crippen LogP contribution in [0.1, 0.15) is 23.3 Å². The minimum absolute atomic E-state index is 0.0223. The molecular formula is C19H20N2O5S. The zero-order valence-corrected chi connectivity index (χ0v) is 15.4. The van der Waals surface area contributed by atoms with Crippen LogP contribution in [0.5, 0.6) is 11.5 Å². The molecule has 3 N–H and O–H groups in total. The second-order valence-corrected chi connectivity index (χ2v) is 7.68. The predicted octanol–water partition coefficient (Wildman–Crippen LogP) is 1.51. The molecule has 1 aliphatic heterocycles. The van der Waals surface area contributed by atoms with Crippen LogP contribution in [0.4, 0.5) is 0 Å². The van der Waals surface area contributed by atoms with E-state index in [1.54, 1.807) is 18.2 Å². The molecule has 2 heterocycles. The Morgan fingerprint density at radius 2 is 1.93 bits per heavy atom. The van der Waals surface area contributed by atoms with Crippen molar-refractivity contribution in [3.05, 3.63) is 46.2 Å². The van der Waals surface area contributed by atoms with E-state index in [4.69, 9.17) is 9.47 Å². The van der Waals surface area contributed by atoms with Crippen molar-refractivity contribution in [2.75, 3.05) is 13.3 Å². The summed E-state index contributed by atoms with van der Waals surface area (Å²) in [5.41, 5.74) is -0.310. The Bertz CT molecular complexity index is 850. The summed E-state index contributed by atoms with van der Waals surface area (Å²) in [5, 5.41) is 18.0. The Hall–Kier alpha value is -2.58. The van der Waals surface area contributed by atoms with Crippen molar-refractivity contribution >= 4 is 23.2 Å². The first-order valence-corrected chi connectivity index (χ1v) is 9.65. The van der Waals surface area contributed by atoms with Crippen LogP contribution in [0.15, 0.2) is 35.7 Å².